The summed E-state index contributed by atoms with van der Waals surface area (Å²) in [6.45, 7) is 14.3. The lowest BCUT2D eigenvalue weighted by molar-refractivity contribution is 0.218. The summed E-state index contributed by atoms with van der Waals surface area (Å²) in [6, 6.07) is 0.748. The van der Waals surface area contributed by atoms with E-state index in [1.807, 2.05) is 0 Å². The van der Waals surface area contributed by atoms with Crippen molar-refractivity contribution < 1.29 is 0 Å². The van der Waals surface area contributed by atoms with Crippen molar-refractivity contribution in [1.29, 1.82) is 0 Å². The fourth-order valence-electron chi connectivity index (χ4n) is 2.60. The number of likely N-dealkylation sites (N-methyl/N-ethyl adjacent to an activating group) is 1. The lowest BCUT2D eigenvalue weighted by Crippen LogP contribution is -2.44. The third kappa shape index (κ3) is 7.05. The molecule has 0 aromatic carbocycles. The van der Waals surface area contributed by atoms with Crippen molar-refractivity contribution >= 4 is 0 Å². The van der Waals surface area contributed by atoms with E-state index in [9.17, 15) is 0 Å². The zero-order valence-corrected chi connectivity index (χ0v) is 12.4. The molecule has 1 aliphatic heterocycles. The van der Waals surface area contributed by atoms with E-state index < -0.39 is 0 Å². The molecule has 1 fully saturated rings. The molecule has 0 spiro atoms. The molecule has 1 N–H and O–H groups in total. The Morgan fingerprint density at radius 2 is 2.00 bits per heavy atom. The molecular formula is C15H32N2. The van der Waals surface area contributed by atoms with E-state index in [0.717, 1.165) is 6.04 Å². The zero-order chi connectivity index (χ0) is 12.7. The number of piperidine rings is 1. The second-order valence-corrected chi connectivity index (χ2v) is 6.70. The van der Waals surface area contributed by atoms with Crippen LogP contribution >= 0.6 is 0 Å². The average molecular weight is 240 g/mol. The van der Waals surface area contributed by atoms with Gasteiger partial charge in [0.1, 0.15) is 0 Å². The molecule has 1 atom stereocenters. The molecule has 1 rings (SSSR count). The van der Waals surface area contributed by atoms with Gasteiger partial charge in [0.2, 0.25) is 0 Å². The second-order valence-electron chi connectivity index (χ2n) is 6.70. The van der Waals surface area contributed by atoms with Gasteiger partial charge in [-0.05, 0) is 50.7 Å². The van der Waals surface area contributed by atoms with Crippen LogP contribution in [-0.2, 0) is 0 Å². The second kappa shape index (κ2) is 7.38. The fraction of sp³-hybridized carbons (Fsp3) is 1.00. The first-order valence-electron chi connectivity index (χ1n) is 7.47. The third-order valence-corrected chi connectivity index (χ3v) is 3.74. The molecule has 1 aliphatic rings. The Bertz CT molecular complexity index is 190. The fourth-order valence-corrected chi connectivity index (χ4v) is 2.60. The van der Waals surface area contributed by atoms with Crippen LogP contribution in [0.3, 0.4) is 0 Å². The summed E-state index contributed by atoms with van der Waals surface area (Å²) in [5, 5.41) is 3.65. The van der Waals surface area contributed by atoms with E-state index in [-0.39, 0.29) is 0 Å². The van der Waals surface area contributed by atoms with Gasteiger partial charge < -0.3 is 10.2 Å². The minimum Gasteiger partial charge on any atom is -0.313 e. The monoisotopic (exact) mass is 240 g/mol. The molecule has 1 saturated heterocycles. The number of nitrogens with one attached hydrogen (secondary N) is 1. The Kier molecular flexibility index (Phi) is 6.50. The standard InChI is InChI=1S/C15H32N2/c1-5-17(12-8-10-15(2,3)4)13-14-9-6-7-11-16-14/h14,16H,5-13H2,1-4H3. The maximum atomic E-state index is 3.65. The van der Waals surface area contributed by atoms with Crippen molar-refractivity contribution in [2.45, 2.75) is 65.8 Å². The Labute approximate surface area is 108 Å². The summed E-state index contributed by atoms with van der Waals surface area (Å²) in [7, 11) is 0. The molecule has 17 heavy (non-hydrogen) atoms. The molecule has 0 bridgehead atoms. The van der Waals surface area contributed by atoms with Crippen LogP contribution in [0.15, 0.2) is 0 Å². The van der Waals surface area contributed by atoms with Gasteiger partial charge in [0.15, 0.2) is 0 Å². The summed E-state index contributed by atoms with van der Waals surface area (Å²) in [5.74, 6) is 0. The highest BCUT2D eigenvalue weighted by Crippen LogP contribution is 2.20. The van der Waals surface area contributed by atoms with Gasteiger partial charge in [0.25, 0.3) is 0 Å². The van der Waals surface area contributed by atoms with E-state index in [1.165, 1.54) is 58.3 Å². The van der Waals surface area contributed by atoms with Gasteiger partial charge in [0.05, 0.1) is 0 Å². The Balaban J connectivity index is 2.18. The van der Waals surface area contributed by atoms with Gasteiger partial charge in [-0.25, -0.2) is 0 Å². The lowest BCUT2D eigenvalue weighted by atomic mass is 9.90. The molecule has 0 amide bonds. The zero-order valence-electron chi connectivity index (χ0n) is 12.4. The number of nitrogens with zero attached hydrogens (tertiary/aromatic N) is 1. The van der Waals surface area contributed by atoms with Crippen LogP contribution in [-0.4, -0.2) is 37.1 Å². The Hall–Kier alpha value is -0.0800. The first-order valence-corrected chi connectivity index (χ1v) is 7.47. The molecule has 0 aliphatic carbocycles. The van der Waals surface area contributed by atoms with Crippen molar-refractivity contribution in [3.63, 3.8) is 0 Å². The molecule has 0 saturated carbocycles. The van der Waals surface area contributed by atoms with Crippen molar-refractivity contribution in [1.82, 2.24) is 10.2 Å². The molecule has 2 nitrogen and oxygen atoms in total. The van der Waals surface area contributed by atoms with Crippen LogP contribution in [0.4, 0.5) is 0 Å². The minimum atomic E-state index is 0.489. The summed E-state index contributed by atoms with van der Waals surface area (Å²) in [5.41, 5.74) is 0.489. The molecule has 2 heteroatoms. The van der Waals surface area contributed by atoms with E-state index in [0.29, 0.717) is 5.41 Å². The molecule has 0 aromatic heterocycles. The first-order chi connectivity index (χ1) is 8.01. The van der Waals surface area contributed by atoms with Crippen LogP contribution in [0, 0.1) is 5.41 Å². The van der Waals surface area contributed by atoms with Gasteiger partial charge in [0, 0.05) is 12.6 Å². The highest BCUT2D eigenvalue weighted by atomic mass is 15.1. The van der Waals surface area contributed by atoms with Crippen LogP contribution in [0.2, 0.25) is 0 Å². The number of rotatable bonds is 6. The summed E-state index contributed by atoms with van der Waals surface area (Å²) in [4.78, 5) is 2.62. The maximum absolute atomic E-state index is 3.65. The van der Waals surface area contributed by atoms with E-state index >= 15 is 0 Å². The molecule has 0 radical (unpaired) electrons. The van der Waals surface area contributed by atoms with E-state index in [1.54, 1.807) is 0 Å². The largest absolute Gasteiger partial charge is 0.313 e. The van der Waals surface area contributed by atoms with E-state index in [2.05, 4.69) is 37.9 Å². The minimum absolute atomic E-state index is 0.489. The molecule has 0 aromatic rings. The van der Waals surface area contributed by atoms with Crippen LogP contribution in [0.5, 0.6) is 0 Å². The van der Waals surface area contributed by atoms with Crippen molar-refractivity contribution in [2.24, 2.45) is 5.41 Å². The first kappa shape index (κ1) is 15.0. The summed E-state index contributed by atoms with van der Waals surface area (Å²) >= 11 is 0. The molecule has 1 heterocycles. The maximum Gasteiger partial charge on any atom is 0.0195 e. The van der Waals surface area contributed by atoms with Gasteiger partial charge in [-0.15, -0.1) is 0 Å². The normalized spacial score (nSPS) is 22.1. The molecule has 102 valence electrons. The van der Waals surface area contributed by atoms with Crippen molar-refractivity contribution in [2.75, 3.05) is 26.2 Å². The topological polar surface area (TPSA) is 15.3 Å². The van der Waals surface area contributed by atoms with Crippen LogP contribution < -0.4 is 5.32 Å². The quantitative estimate of drug-likeness (QED) is 0.766. The Morgan fingerprint density at radius 3 is 2.53 bits per heavy atom. The van der Waals surface area contributed by atoms with Gasteiger partial charge in [-0.3, -0.25) is 0 Å². The average Bonchev–Trinajstić information content (AvgIpc) is 2.27. The SMILES string of the molecule is CCN(CCCC(C)(C)C)CC1CCCCN1. The summed E-state index contributed by atoms with van der Waals surface area (Å²) < 4.78 is 0. The summed E-state index contributed by atoms with van der Waals surface area (Å²) in [6.07, 6.45) is 6.82. The van der Waals surface area contributed by atoms with Gasteiger partial charge in [-0.2, -0.15) is 0 Å². The molecule has 1 unspecified atom stereocenters. The predicted octanol–water partition coefficient (Wildman–Crippen LogP) is 3.28. The van der Waals surface area contributed by atoms with Gasteiger partial charge in [-0.1, -0.05) is 34.1 Å². The predicted molar refractivity (Wildman–Crippen MR) is 76.4 cm³/mol. The van der Waals surface area contributed by atoms with Crippen LogP contribution in [0.1, 0.15) is 59.8 Å². The number of hydrogen-bond acceptors (Lipinski definition) is 2. The van der Waals surface area contributed by atoms with E-state index in [4.69, 9.17) is 0 Å². The Morgan fingerprint density at radius 1 is 1.24 bits per heavy atom. The highest BCUT2D eigenvalue weighted by molar-refractivity contribution is 4.76. The smallest absolute Gasteiger partial charge is 0.0195 e. The number of hydrogen-bond donors (Lipinski definition) is 1. The van der Waals surface area contributed by atoms with Crippen molar-refractivity contribution in [3.05, 3.63) is 0 Å². The molecular weight excluding hydrogens is 208 g/mol. The van der Waals surface area contributed by atoms with Crippen LogP contribution in [0.25, 0.3) is 0 Å². The van der Waals surface area contributed by atoms with Gasteiger partial charge >= 0.3 is 0 Å². The lowest BCUT2D eigenvalue weighted by Gasteiger charge is -2.30. The van der Waals surface area contributed by atoms with Crippen molar-refractivity contribution in [3.8, 4) is 0 Å². The highest BCUT2D eigenvalue weighted by Gasteiger charge is 2.16. The third-order valence-electron chi connectivity index (χ3n) is 3.74.